The van der Waals surface area contributed by atoms with E-state index in [2.05, 4.69) is 20.3 Å². The van der Waals surface area contributed by atoms with Gasteiger partial charge in [0.2, 0.25) is 5.95 Å². The van der Waals surface area contributed by atoms with Gasteiger partial charge in [-0.2, -0.15) is 15.0 Å². The predicted octanol–water partition coefficient (Wildman–Crippen LogP) is 2.00. The summed E-state index contributed by atoms with van der Waals surface area (Å²) in [6.45, 7) is 2.36. The molecule has 2 rings (SSSR count). The second-order valence-electron chi connectivity index (χ2n) is 4.02. The Labute approximate surface area is 123 Å². The van der Waals surface area contributed by atoms with Crippen LogP contribution in [-0.2, 0) is 0 Å². The van der Waals surface area contributed by atoms with E-state index in [1.807, 2.05) is 19.1 Å². The van der Waals surface area contributed by atoms with E-state index in [-0.39, 0.29) is 6.01 Å². The Hall–Kier alpha value is -2.57. The maximum absolute atomic E-state index is 5.35. The largest absolute Gasteiger partial charge is 0.493 e. The second-order valence-corrected chi connectivity index (χ2v) is 4.02. The number of aromatic nitrogens is 3. The molecule has 1 heterocycles. The number of hydrogen-bond acceptors (Lipinski definition) is 7. The second kappa shape index (κ2) is 6.74. The molecule has 0 fully saturated rings. The van der Waals surface area contributed by atoms with E-state index in [1.165, 1.54) is 0 Å². The Bertz CT molecular complexity index is 619. The first kappa shape index (κ1) is 14.8. The number of rotatable bonds is 6. The van der Waals surface area contributed by atoms with E-state index in [4.69, 9.17) is 14.2 Å². The van der Waals surface area contributed by atoms with Crippen molar-refractivity contribution in [3.05, 3.63) is 18.2 Å². The topological polar surface area (TPSA) is 78.4 Å². The molecule has 7 nitrogen and oxygen atoms in total. The maximum atomic E-state index is 5.35. The lowest BCUT2D eigenvalue weighted by atomic mass is 10.2. The van der Waals surface area contributed by atoms with Crippen molar-refractivity contribution in [1.29, 1.82) is 0 Å². The first-order valence-corrected chi connectivity index (χ1v) is 6.50. The van der Waals surface area contributed by atoms with E-state index < -0.39 is 0 Å². The Morgan fingerprint density at radius 1 is 1.05 bits per heavy atom. The Morgan fingerprint density at radius 3 is 2.43 bits per heavy atom. The van der Waals surface area contributed by atoms with Crippen molar-refractivity contribution < 1.29 is 14.2 Å². The number of hydrogen-bond donors (Lipinski definition) is 1. The van der Waals surface area contributed by atoms with E-state index in [9.17, 15) is 0 Å². The highest BCUT2D eigenvalue weighted by Gasteiger charge is 2.11. The molecule has 0 atom stereocenters. The van der Waals surface area contributed by atoms with E-state index >= 15 is 0 Å². The van der Waals surface area contributed by atoms with Crippen LogP contribution in [-0.4, -0.2) is 42.8 Å². The van der Waals surface area contributed by atoms with Gasteiger partial charge in [-0.3, -0.25) is 0 Å². The van der Waals surface area contributed by atoms with Crippen molar-refractivity contribution >= 4 is 5.95 Å². The normalized spacial score (nSPS) is 10.1. The lowest BCUT2D eigenvalue weighted by Crippen LogP contribution is -2.05. The minimum absolute atomic E-state index is 0.279. The highest BCUT2D eigenvalue weighted by molar-refractivity contribution is 5.62. The number of methoxy groups -OCH3 is 2. The monoisotopic (exact) mass is 290 g/mol. The van der Waals surface area contributed by atoms with Crippen LogP contribution >= 0.6 is 0 Å². The van der Waals surface area contributed by atoms with Crippen molar-refractivity contribution in [3.8, 4) is 28.9 Å². The molecule has 0 amide bonds. The van der Waals surface area contributed by atoms with Gasteiger partial charge in [0.25, 0.3) is 0 Å². The summed E-state index contributed by atoms with van der Waals surface area (Å²) in [7, 11) is 4.91. The van der Waals surface area contributed by atoms with Crippen LogP contribution in [0.25, 0.3) is 11.4 Å². The van der Waals surface area contributed by atoms with Gasteiger partial charge in [-0.25, -0.2) is 0 Å². The van der Waals surface area contributed by atoms with E-state index in [0.29, 0.717) is 29.9 Å². The SMILES string of the molecule is CCOc1nc(NC)nc(-c2ccc(OC)c(OC)c2)n1. The van der Waals surface area contributed by atoms with Gasteiger partial charge in [0.15, 0.2) is 17.3 Å². The summed E-state index contributed by atoms with van der Waals surface area (Å²) in [4.78, 5) is 12.7. The highest BCUT2D eigenvalue weighted by atomic mass is 16.5. The van der Waals surface area contributed by atoms with Gasteiger partial charge < -0.3 is 19.5 Å². The summed E-state index contributed by atoms with van der Waals surface area (Å²) in [6, 6.07) is 5.74. The number of ether oxygens (including phenoxy) is 3. The fourth-order valence-electron chi connectivity index (χ4n) is 1.77. The van der Waals surface area contributed by atoms with Gasteiger partial charge in [-0.05, 0) is 25.1 Å². The van der Waals surface area contributed by atoms with Gasteiger partial charge in [-0.15, -0.1) is 0 Å². The minimum atomic E-state index is 0.279. The third kappa shape index (κ3) is 3.31. The van der Waals surface area contributed by atoms with Crippen LogP contribution in [0, 0.1) is 0 Å². The van der Waals surface area contributed by atoms with Crippen molar-refractivity contribution in [2.45, 2.75) is 6.92 Å². The molecule has 0 aliphatic carbocycles. The Morgan fingerprint density at radius 2 is 1.81 bits per heavy atom. The molecule has 21 heavy (non-hydrogen) atoms. The molecule has 0 bridgehead atoms. The number of nitrogens with zero attached hydrogens (tertiary/aromatic N) is 3. The third-order valence-electron chi connectivity index (χ3n) is 2.75. The molecule has 112 valence electrons. The number of nitrogens with one attached hydrogen (secondary N) is 1. The van der Waals surface area contributed by atoms with Crippen molar-refractivity contribution in [1.82, 2.24) is 15.0 Å². The van der Waals surface area contributed by atoms with Gasteiger partial charge in [0.05, 0.1) is 20.8 Å². The molecular weight excluding hydrogens is 272 g/mol. The molecule has 2 aromatic rings. The summed E-state index contributed by atoms with van der Waals surface area (Å²) in [6.07, 6.45) is 0. The lowest BCUT2D eigenvalue weighted by molar-refractivity contribution is 0.312. The number of benzene rings is 1. The summed E-state index contributed by atoms with van der Waals surface area (Å²) in [5.74, 6) is 2.20. The molecule has 0 unspecified atom stereocenters. The van der Waals surface area contributed by atoms with Crippen LogP contribution in [0.15, 0.2) is 18.2 Å². The first-order valence-electron chi connectivity index (χ1n) is 6.50. The molecule has 0 radical (unpaired) electrons. The molecule has 7 heteroatoms. The molecule has 1 aromatic carbocycles. The molecule has 0 aliphatic rings. The molecule has 0 aliphatic heterocycles. The maximum Gasteiger partial charge on any atom is 0.321 e. The van der Waals surface area contributed by atoms with Crippen LogP contribution in [0.3, 0.4) is 0 Å². The molecule has 0 spiro atoms. The highest BCUT2D eigenvalue weighted by Crippen LogP contribution is 2.31. The zero-order valence-corrected chi connectivity index (χ0v) is 12.5. The smallest absolute Gasteiger partial charge is 0.321 e. The van der Waals surface area contributed by atoms with Crippen molar-refractivity contribution in [2.24, 2.45) is 0 Å². The van der Waals surface area contributed by atoms with Gasteiger partial charge in [0, 0.05) is 12.6 Å². The Balaban J connectivity index is 2.47. The van der Waals surface area contributed by atoms with Crippen molar-refractivity contribution in [3.63, 3.8) is 0 Å². The van der Waals surface area contributed by atoms with Gasteiger partial charge in [0.1, 0.15) is 0 Å². The van der Waals surface area contributed by atoms with E-state index in [0.717, 1.165) is 5.56 Å². The van der Waals surface area contributed by atoms with Crippen LogP contribution in [0.4, 0.5) is 5.95 Å². The molecular formula is C14H18N4O3. The van der Waals surface area contributed by atoms with Crippen LogP contribution < -0.4 is 19.5 Å². The standard InChI is InChI=1S/C14H18N4O3/c1-5-21-14-17-12(16-13(15-2)18-14)9-6-7-10(19-3)11(8-9)20-4/h6-8H,5H2,1-4H3,(H,15,16,17,18). The van der Waals surface area contributed by atoms with Crippen LogP contribution in [0.2, 0.25) is 0 Å². The van der Waals surface area contributed by atoms with E-state index in [1.54, 1.807) is 27.3 Å². The summed E-state index contributed by atoms with van der Waals surface area (Å²) < 4.78 is 15.9. The summed E-state index contributed by atoms with van der Waals surface area (Å²) in [5.41, 5.74) is 0.785. The van der Waals surface area contributed by atoms with Crippen LogP contribution in [0.1, 0.15) is 6.92 Å². The average molecular weight is 290 g/mol. The molecule has 1 aromatic heterocycles. The lowest BCUT2D eigenvalue weighted by Gasteiger charge is -2.10. The fourth-order valence-corrected chi connectivity index (χ4v) is 1.77. The van der Waals surface area contributed by atoms with Crippen molar-refractivity contribution in [2.75, 3.05) is 33.2 Å². The zero-order chi connectivity index (χ0) is 15.2. The van der Waals surface area contributed by atoms with Gasteiger partial charge >= 0.3 is 6.01 Å². The number of anilines is 1. The molecule has 1 N–H and O–H groups in total. The fraction of sp³-hybridized carbons (Fsp3) is 0.357. The predicted molar refractivity (Wildman–Crippen MR) is 79.1 cm³/mol. The van der Waals surface area contributed by atoms with Crippen LogP contribution in [0.5, 0.6) is 17.5 Å². The minimum Gasteiger partial charge on any atom is -0.493 e. The zero-order valence-electron chi connectivity index (χ0n) is 12.5. The third-order valence-corrected chi connectivity index (χ3v) is 2.75. The average Bonchev–Trinajstić information content (AvgIpc) is 2.54. The van der Waals surface area contributed by atoms with Gasteiger partial charge in [-0.1, -0.05) is 0 Å². The Kier molecular flexibility index (Phi) is 4.76. The quantitative estimate of drug-likeness (QED) is 0.871. The summed E-state index contributed by atoms with van der Waals surface area (Å²) in [5, 5.41) is 2.89. The summed E-state index contributed by atoms with van der Waals surface area (Å²) >= 11 is 0. The molecule has 0 saturated heterocycles. The first-order chi connectivity index (χ1) is 10.2. The molecule has 0 saturated carbocycles.